The second-order valence-corrected chi connectivity index (χ2v) is 4.68. The molecule has 0 spiro atoms. The first kappa shape index (κ1) is 11.2. The number of hydrogen-bond acceptors (Lipinski definition) is 2. The van der Waals surface area contributed by atoms with Crippen LogP contribution in [0, 0.1) is 5.92 Å². The molecular weight excluding hydrogens is 208 g/mol. The van der Waals surface area contributed by atoms with Gasteiger partial charge in [0.1, 0.15) is 6.04 Å². The van der Waals surface area contributed by atoms with Crippen molar-refractivity contribution < 1.29 is 14.7 Å². The second kappa shape index (κ2) is 4.31. The predicted molar refractivity (Wildman–Crippen MR) is 58.1 cm³/mol. The van der Waals surface area contributed by atoms with Crippen LogP contribution in [0.2, 0.25) is 0 Å². The number of aliphatic carboxylic acids is 1. The van der Waals surface area contributed by atoms with Gasteiger partial charge in [0.15, 0.2) is 0 Å². The van der Waals surface area contributed by atoms with Crippen LogP contribution in [0.3, 0.4) is 0 Å². The maximum absolute atomic E-state index is 12.0. The summed E-state index contributed by atoms with van der Waals surface area (Å²) in [6, 6.07) is -0.735. The minimum Gasteiger partial charge on any atom is -0.480 e. The SMILES string of the molecule is CCCN1C[C@@H](C(=O)O)N(CC2CC2)C1=O. The van der Waals surface area contributed by atoms with Gasteiger partial charge in [-0.05, 0) is 25.2 Å². The molecule has 1 aliphatic heterocycles. The van der Waals surface area contributed by atoms with Crippen molar-refractivity contribution in [1.29, 1.82) is 0 Å². The molecule has 1 N–H and O–H groups in total. The third-order valence-electron chi connectivity index (χ3n) is 3.22. The van der Waals surface area contributed by atoms with E-state index in [0.717, 1.165) is 19.3 Å². The molecule has 0 aromatic rings. The number of rotatable bonds is 5. The molecule has 0 aromatic carbocycles. The van der Waals surface area contributed by atoms with E-state index < -0.39 is 12.0 Å². The van der Waals surface area contributed by atoms with Crippen molar-refractivity contribution in [1.82, 2.24) is 9.80 Å². The lowest BCUT2D eigenvalue weighted by Gasteiger charge is -2.20. The third-order valence-corrected chi connectivity index (χ3v) is 3.22. The Hall–Kier alpha value is -1.26. The van der Waals surface area contributed by atoms with Gasteiger partial charge in [-0.15, -0.1) is 0 Å². The summed E-state index contributed by atoms with van der Waals surface area (Å²) in [6.07, 6.45) is 3.13. The van der Waals surface area contributed by atoms with E-state index in [1.165, 1.54) is 4.90 Å². The van der Waals surface area contributed by atoms with Crippen LogP contribution >= 0.6 is 0 Å². The molecule has 1 heterocycles. The summed E-state index contributed by atoms with van der Waals surface area (Å²) < 4.78 is 0. The summed E-state index contributed by atoms with van der Waals surface area (Å²) in [5, 5.41) is 9.10. The highest BCUT2D eigenvalue weighted by atomic mass is 16.4. The van der Waals surface area contributed by atoms with Crippen molar-refractivity contribution in [2.45, 2.75) is 32.2 Å². The highest BCUT2D eigenvalue weighted by Gasteiger charge is 2.43. The van der Waals surface area contributed by atoms with Crippen LogP contribution in [0.1, 0.15) is 26.2 Å². The van der Waals surface area contributed by atoms with Gasteiger partial charge in [0.25, 0.3) is 0 Å². The molecule has 1 atom stereocenters. The Kier molecular flexibility index (Phi) is 3.03. The number of carbonyl (C=O) groups is 2. The lowest BCUT2D eigenvalue weighted by atomic mass is 10.2. The first-order chi connectivity index (χ1) is 7.63. The Morgan fingerprint density at radius 1 is 1.50 bits per heavy atom. The number of carboxylic acids is 1. The summed E-state index contributed by atoms with van der Waals surface area (Å²) in [6.45, 7) is 3.61. The van der Waals surface area contributed by atoms with E-state index in [9.17, 15) is 9.59 Å². The molecule has 0 aromatic heterocycles. The monoisotopic (exact) mass is 226 g/mol. The largest absolute Gasteiger partial charge is 0.480 e. The van der Waals surface area contributed by atoms with Crippen molar-refractivity contribution in [2.75, 3.05) is 19.6 Å². The average Bonchev–Trinajstić information content (AvgIpc) is 2.98. The van der Waals surface area contributed by atoms with E-state index in [1.54, 1.807) is 4.90 Å². The normalized spacial score (nSPS) is 25.3. The van der Waals surface area contributed by atoms with E-state index in [4.69, 9.17) is 5.11 Å². The van der Waals surface area contributed by atoms with E-state index >= 15 is 0 Å². The molecule has 1 saturated carbocycles. The van der Waals surface area contributed by atoms with Gasteiger partial charge in [-0.25, -0.2) is 9.59 Å². The van der Waals surface area contributed by atoms with Crippen molar-refractivity contribution in [2.24, 2.45) is 5.92 Å². The number of amides is 2. The van der Waals surface area contributed by atoms with Crippen LogP contribution in [-0.4, -0.2) is 52.6 Å². The Labute approximate surface area is 95.0 Å². The van der Waals surface area contributed by atoms with E-state index in [0.29, 0.717) is 25.6 Å². The molecule has 90 valence electrons. The van der Waals surface area contributed by atoms with Gasteiger partial charge >= 0.3 is 12.0 Å². The van der Waals surface area contributed by atoms with Gasteiger partial charge in [-0.2, -0.15) is 0 Å². The Balaban J connectivity index is 2.04. The van der Waals surface area contributed by atoms with E-state index in [2.05, 4.69) is 0 Å². The fraction of sp³-hybridized carbons (Fsp3) is 0.818. The first-order valence-electron chi connectivity index (χ1n) is 5.91. The maximum Gasteiger partial charge on any atom is 0.328 e. The zero-order valence-electron chi connectivity index (χ0n) is 9.56. The second-order valence-electron chi connectivity index (χ2n) is 4.68. The number of carbonyl (C=O) groups excluding carboxylic acids is 1. The molecule has 1 aliphatic carbocycles. The number of hydrogen-bond donors (Lipinski definition) is 1. The number of carboxylic acid groups (broad SMARTS) is 1. The molecule has 1 saturated heterocycles. The van der Waals surface area contributed by atoms with Gasteiger partial charge in [-0.1, -0.05) is 6.92 Å². The Bertz CT molecular complexity index is 302. The summed E-state index contributed by atoms with van der Waals surface area (Å²) in [5.74, 6) is -0.347. The van der Waals surface area contributed by atoms with Crippen molar-refractivity contribution >= 4 is 12.0 Å². The molecule has 16 heavy (non-hydrogen) atoms. The molecule has 0 unspecified atom stereocenters. The van der Waals surface area contributed by atoms with Crippen LogP contribution < -0.4 is 0 Å². The van der Waals surface area contributed by atoms with Gasteiger partial charge in [0.2, 0.25) is 0 Å². The van der Waals surface area contributed by atoms with E-state index in [1.807, 2.05) is 6.92 Å². The van der Waals surface area contributed by atoms with Crippen LogP contribution in [0.4, 0.5) is 4.79 Å². The van der Waals surface area contributed by atoms with Gasteiger partial charge in [0, 0.05) is 13.1 Å². The van der Waals surface area contributed by atoms with Crippen LogP contribution in [0.15, 0.2) is 0 Å². The highest BCUT2D eigenvalue weighted by molar-refractivity contribution is 5.86. The van der Waals surface area contributed by atoms with Crippen molar-refractivity contribution in [3.8, 4) is 0 Å². The topological polar surface area (TPSA) is 60.9 Å². The van der Waals surface area contributed by atoms with Gasteiger partial charge < -0.3 is 14.9 Å². The number of urea groups is 1. The molecule has 0 radical (unpaired) electrons. The Morgan fingerprint density at radius 3 is 2.69 bits per heavy atom. The summed E-state index contributed by atoms with van der Waals surface area (Å²) in [4.78, 5) is 26.2. The van der Waals surface area contributed by atoms with Crippen LogP contribution in [0.5, 0.6) is 0 Å². The fourth-order valence-corrected chi connectivity index (χ4v) is 2.15. The smallest absolute Gasteiger partial charge is 0.328 e. The zero-order valence-corrected chi connectivity index (χ0v) is 9.56. The summed E-state index contributed by atoms with van der Waals surface area (Å²) >= 11 is 0. The van der Waals surface area contributed by atoms with Crippen molar-refractivity contribution in [3.05, 3.63) is 0 Å². The molecule has 2 rings (SSSR count). The van der Waals surface area contributed by atoms with E-state index in [-0.39, 0.29) is 6.03 Å². The van der Waals surface area contributed by atoms with Crippen LogP contribution in [-0.2, 0) is 4.79 Å². The minimum atomic E-state index is -0.882. The summed E-state index contributed by atoms with van der Waals surface area (Å²) in [7, 11) is 0. The molecule has 5 heteroatoms. The molecule has 5 nitrogen and oxygen atoms in total. The minimum absolute atomic E-state index is 0.0962. The molecule has 2 aliphatic rings. The fourth-order valence-electron chi connectivity index (χ4n) is 2.15. The Morgan fingerprint density at radius 2 is 2.19 bits per heavy atom. The van der Waals surface area contributed by atoms with Crippen molar-refractivity contribution in [3.63, 3.8) is 0 Å². The highest BCUT2D eigenvalue weighted by Crippen LogP contribution is 2.32. The molecule has 2 fully saturated rings. The number of nitrogens with zero attached hydrogens (tertiary/aromatic N) is 2. The summed E-state index contributed by atoms with van der Waals surface area (Å²) in [5.41, 5.74) is 0. The predicted octanol–water partition coefficient (Wildman–Crippen LogP) is 0.997. The first-order valence-corrected chi connectivity index (χ1v) is 5.91. The van der Waals surface area contributed by atoms with Gasteiger partial charge in [0.05, 0.1) is 6.54 Å². The molecule has 0 bridgehead atoms. The average molecular weight is 226 g/mol. The lowest BCUT2D eigenvalue weighted by molar-refractivity contribution is -0.141. The molecular formula is C11H18N2O3. The maximum atomic E-state index is 12.0. The van der Waals surface area contributed by atoms with Gasteiger partial charge in [-0.3, -0.25) is 0 Å². The standard InChI is InChI=1S/C11H18N2O3/c1-2-5-12-7-9(10(14)15)13(11(12)16)6-8-3-4-8/h8-9H,2-7H2,1H3,(H,14,15)/t9-/m0/s1. The zero-order chi connectivity index (χ0) is 11.7. The third kappa shape index (κ3) is 2.13. The molecule has 2 amide bonds. The quantitative estimate of drug-likeness (QED) is 0.760. The lowest BCUT2D eigenvalue weighted by Crippen LogP contribution is -2.40. The van der Waals surface area contributed by atoms with Crippen LogP contribution in [0.25, 0.3) is 0 Å².